The molecule has 172 valence electrons. The smallest absolute Gasteiger partial charge is 0.334 e. The Morgan fingerprint density at radius 1 is 1.00 bits per heavy atom. The molecule has 0 radical (unpaired) electrons. The van der Waals surface area contributed by atoms with Crippen LogP contribution in [0.3, 0.4) is 0 Å². The fraction of sp³-hybridized carbons (Fsp3) is 0.704. The first-order valence-corrected chi connectivity index (χ1v) is 12.3. The van der Waals surface area contributed by atoms with Gasteiger partial charge in [-0.3, -0.25) is 4.79 Å². The number of allylic oxidation sites excluding steroid dienone is 4. The minimum Gasteiger partial charge on any atom is -0.456 e. The van der Waals surface area contributed by atoms with Gasteiger partial charge in [0, 0.05) is 29.7 Å². The number of cyclic esters (lactones) is 1. The second-order valence-corrected chi connectivity index (χ2v) is 11.3. The van der Waals surface area contributed by atoms with E-state index >= 15 is 0 Å². The van der Waals surface area contributed by atoms with Crippen molar-refractivity contribution in [2.45, 2.75) is 83.7 Å². The molecule has 1 saturated carbocycles. The van der Waals surface area contributed by atoms with Gasteiger partial charge in [-0.25, -0.2) is 4.79 Å². The molecule has 5 heteroatoms. The second kappa shape index (κ2) is 6.66. The molecule has 8 atom stereocenters. The molecule has 32 heavy (non-hydrogen) atoms. The quantitative estimate of drug-likeness (QED) is 0.440. The number of esters is 1. The molecule has 0 aromatic carbocycles. The van der Waals surface area contributed by atoms with E-state index in [0.717, 1.165) is 43.3 Å². The standard InChI is InChI=1S/C27H34O5/c1-15-14-23(31-24(29)16(15)2)26(4)19-12-13-30-27(32-26)20-9-8-17-6-5-7-22(28)25(17,3)18(20)10-11-21(19)27/h5,7-8,18-21,23H,6,9-14H2,1-4H3. The van der Waals surface area contributed by atoms with Crippen molar-refractivity contribution in [1.82, 2.24) is 0 Å². The zero-order valence-corrected chi connectivity index (χ0v) is 19.6. The van der Waals surface area contributed by atoms with Crippen LogP contribution >= 0.6 is 0 Å². The van der Waals surface area contributed by atoms with Gasteiger partial charge in [0.1, 0.15) is 11.7 Å². The van der Waals surface area contributed by atoms with Crippen LogP contribution in [0.4, 0.5) is 0 Å². The Bertz CT molecular complexity index is 990. The zero-order chi connectivity index (χ0) is 22.5. The van der Waals surface area contributed by atoms with Gasteiger partial charge in [0.05, 0.1) is 12.0 Å². The fourth-order valence-electron chi connectivity index (χ4n) is 8.18. The molecule has 6 rings (SSSR count). The summed E-state index contributed by atoms with van der Waals surface area (Å²) in [7, 11) is 0. The van der Waals surface area contributed by atoms with Gasteiger partial charge < -0.3 is 14.2 Å². The monoisotopic (exact) mass is 438 g/mol. The summed E-state index contributed by atoms with van der Waals surface area (Å²) in [5.74, 6) is 0.251. The summed E-state index contributed by atoms with van der Waals surface area (Å²) < 4.78 is 19.7. The molecule has 3 heterocycles. The Morgan fingerprint density at radius 3 is 2.56 bits per heavy atom. The maximum Gasteiger partial charge on any atom is 0.334 e. The highest BCUT2D eigenvalue weighted by molar-refractivity contribution is 5.98. The van der Waals surface area contributed by atoms with Crippen LogP contribution in [0.25, 0.3) is 0 Å². The van der Waals surface area contributed by atoms with E-state index < -0.39 is 16.8 Å². The molecule has 3 aliphatic heterocycles. The van der Waals surface area contributed by atoms with Gasteiger partial charge in [-0.2, -0.15) is 0 Å². The van der Waals surface area contributed by atoms with Crippen LogP contribution in [0.15, 0.2) is 34.9 Å². The average Bonchev–Trinajstić information content (AvgIpc) is 2.92. The predicted octanol–water partition coefficient (Wildman–Crippen LogP) is 4.67. The molecular weight excluding hydrogens is 404 g/mol. The summed E-state index contributed by atoms with van der Waals surface area (Å²) in [6.07, 6.45) is 11.2. The zero-order valence-electron chi connectivity index (χ0n) is 19.6. The van der Waals surface area contributed by atoms with E-state index in [0.29, 0.717) is 18.9 Å². The van der Waals surface area contributed by atoms with Crippen molar-refractivity contribution >= 4 is 11.8 Å². The third kappa shape index (κ3) is 2.42. The van der Waals surface area contributed by atoms with Crippen LogP contribution in [0.1, 0.15) is 66.2 Å². The van der Waals surface area contributed by atoms with Crippen molar-refractivity contribution in [1.29, 1.82) is 0 Å². The molecule has 0 spiro atoms. The normalized spacial score (nSPS) is 49.8. The number of rotatable bonds is 1. The molecule has 8 unspecified atom stereocenters. The molecule has 0 aromatic heterocycles. The van der Waals surface area contributed by atoms with Crippen molar-refractivity contribution in [2.24, 2.45) is 29.1 Å². The van der Waals surface area contributed by atoms with E-state index in [-0.39, 0.29) is 35.6 Å². The summed E-state index contributed by atoms with van der Waals surface area (Å²) in [4.78, 5) is 25.7. The number of fused-ring (bicyclic) bond motifs is 3. The number of hydrogen-bond donors (Lipinski definition) is 0. The number of carbonyl (C=O) groups excluding carboxylic acids is 2. The lowest BCUT2D eigenvalue weighted by atomic mass is 9.50. The van der Waals surface area contributed by atoms with Gasteiger partial charge in [-0.15, -0.1) is 0 Å². The number of ketones is 1. The minimum absolute atomic E-state index is 0.146. The number of ether oxygens (including phenoxy) is 3. The lowest BCUT2D eigenvalue weighted by Gasteiger charge is -2.57. The van der Waals surface area contributed by atoms with Crippen LogP contribution in [-0.2, 0) is 23.8 Å². The third-order valence-corrected chi connectivity index (χ3v) is 10.1. The average molecular weight is 439 g/mol. The summed E-state index contributed by atoms with van der Waals surface area (Å²) in [5, 5.41) is 0. The first-order valence-electron chi connectivity index (χ1n) is 12.3. The molecule has 5 nitrogen and oxygen atoms in total. The van der Waals surface area contributed by atoms with E-state index in [4.69, 9.17) is 14.2 Å². The Morgan fingerprint density at radius 2 is 1.78 bits per heavy atom. The number of hydrogen-bond acceptors (Lipinski definition) is 5. The van der Waals surface area contributed by atoms with E-state index in [9.17, 15) is 9.59 Å². The van der Waals surface area contributed by atoms with Gasteiger partial charge >= 0.3 is 5.97 Å². The van der Waals surface area contributed by atoms with Crippen molar-refractivity contribution in [3.8, 4) is 0 Å². The summed E-state index contributed by atoms with van der Waals surface area (Å²) >= 11 is 0. The van der Waals surface area contributed by atoms with Crippen LogP contribution in [-0.4, -0.2) is 35.9 Å². The predicted molar refractivity (Wildman–Crippen MR) is 118 cm³/mol. The molecule has 2 saturated heterocycles. The van der Waals surface area contributed by atoms with Gasteiger partial charge in [-0.05, 0) is 71.8 Å². The van der Waals surface area contributed by atoms with Gasteiger partial charge in [-0.1, -0.05) is 23.3 Å². The maximum absolute atomic E-state index is 13.2. The molecule has 0 aromatic rings. The van der Waals surface area contributed by atoms with E-state index in [1.165, 1.54) is 5.57 Å². The van der Waals surface area contributed by atoms with E-state index in [1.54, 1.807) is 6.08 Å². The third-order valence-electron chi connectivity index (χ3n) is 10.1. The van der Waals surface area contributed by atoms with Crippen molar-refractivity contribution in [3.63, 3.8) is 0 Å². The highest BCUT2D eigenvalue weighted by atomic mass is 16.7. The SMILES string of the molecule is CC1=C(C)C(=O)OC(C2(C)OC34OCCC2C3CCC2C4CC=C3CC=CC(=O)C32C)C1. The second-order valence-electron chi connectivity index (χ2n) is 11.3. The van der Waals surface area contributed by atoms with E-state index in [2.05, 4.69) is 19.9 Å². The Labute approximate surface area is 190 Å². The largest absolute Gasteiger partial charge is 0.456 e. The Hall–Kier alpha value is -1.72. The Balaban J connectivity index is 1.40. The first kappa shape index (κ1) is 20.9. The number of carbonyl (C=O) groups is 2. The molecule has 3 fully saturated rings. The molecule has 3 aliphatic carbocycles. The van der Waals surface area contributed by atoms with Gasteiger partial charge in [0.25, 0.3) is 0 Å². The topological polar surface area (TPSA) is 61.8 Å². The Kier molecular flexibility index (Phi) is 4.34. The molecular formula is C27H34O5. The minimum atomic E-state index is -0.691. The molecule has 0 amide bonds. The van der Waals surface area contributed by atoms with Crippen LogP contribution in [0.5, 0.6) is 0 Å². The summed E-state index contributed by atoms with van der Waals surface area (Å²) in [5.41, 5.74) is 2.05. The lowest BCUT2D eigenvalue weighted by Crippen LogP contribution is -2.60. The van der Waals surface area contributed by atoms with Crippen molar-refractivity contribution in [2.75, 3.05) is 6.61 Å². The highest BCUT2D eigenvalue weighted by Gasteiger charge is 2.72. The van der Waals surface area contributed by atoms with Crippen LogP contribution in [0.2, 0.25) is 0 Å². The van der Waals surface area contributed by atoms with Gasteiger partial charge in [0.15, 0.2) is 11.6 Å². The van der Waals surface area contributed by atoms with E-state index in [1.807, 2.05) is 19.9 Å². The summed E-state index contributed by atoms with van der Waals surface area (Å²) in [6.45, 7) is 8.83. The van der Waals surface area contributed by atoms with Gasteiger partial charge in [0.2, 0.25) is 0 Å². The summed E-state index contributed by atoms with van der Waals surface area (Å²) in [6, 6.07) is 0. The highest BCUT2D eigenvalue weighted by Crippen LogP contribution is 2.67. The maximum atomic E-state index is 13.2. The molecule has 0 N–H and O–H groups in total. The molecule has 6 aliphatic rings. The first-order chi connectivity index (χ1) is 15.2. The lowest BCUT2D eigenvalue weighted by molar-refractivity contribution is -0.322. The van der Waals surface area contributed by atoms with Crippen molar-refractivity contribution < 1.29 is 23.8 Å². The van der Waals surface area contributed by atoms with Crippen molar-refractivity contribution in [3.05, 3.63) is 34.9 Å². The molecule has 2 bridgehead atoms. The van der Waals surface area contributed by atoms with Crippen LogP contribution < -0.4 is 0 Å². The van der Waals surface area contributed by atoms with Crippen LogP contribution in [0, 0.1) is 29.1 Å². The fourth-order valence-corrected chi connectivity index (χ4v) is 8.18.